The van der Waals surface area contributed by atoms with Crippen molar-refractivity contribution in [1.82, 2.24) is 14.7 Å². The van der Waals surface area contributed by atoms with Crippen molar-refractivity contribution in [3.63, 3.8) is 0 Å². The van der Waals surface area contributed by atoms with Gasteiger partial charge in [-0.2, -0.15) is 10.4 Å². The largest absolute Gasteiger partial charge is 0.465 e. The number of nitrogens with one attached hydrogen (secondary N) is 1. The molecule has 0 spiro atoms. The van der Waals surface area contributed by atoms with E-state index in [1.54, 1.807) is 15.8 Å². The van der Waals surface area contributed by atoms with E-state index in [4.69, 9.17) is 5.73 Å². The Hall–Kier alpha value is -3.61. The van der Waals surface area contributed by atoms with E-state index in [1.807, 2.05) is 0 Å². The molecule has 2 aromatic rings. The van der Waals surface area contributed by atoms with Crippen LogP contribution in [0.4, 0.5) is 20.7 Å². The summed E-state index contributed by atoms with van der Waals surface area (Å²) in [6.45, 7) is 0.410. The molecule has 4 N–H and O–H groups in total. The first-order chi connectivity index (χ1) is 16.4. The Labute approximate surface area is 197 Å². The molecule has 2 aliphatic rings. The number of amides is 2. The van der Waals surface area contributed by atoms with Crippen molar-refractivity contribution < 1.29 is 19.1 Å². The van der Waals surface area contributed by atoms with Gasteiger partial charge in [0, 0.05) is 24.5 Å². The van der Waals surface area contributed by atoms with E-state index >= 15 is 0 Å². The molecule has 2 unspecified atom stereocenters. The molecule has 3 atom stereocenters. The molecule has 0 radical (unpaired) electrons. The van der Waals surface area contributed by atoms with Crippen LogP contribution >= 0.6 is 0 Å². The highest BCUT2D eigenvalue weighted by Crippen LogP contribution is 2.41. The SMILES string of the molecule is N#CC[C@@H](C1CCN(C(=O)O)C(C2CCCC2)C1)n1cc(C(N)=O)c(Nc2ccc(F)cc2)n1. The number of hydrogen-bond donors (Lipinski definition) is 3. The van der Waals surface area contributed by atoms with Gasteiger partial charge in [0.25, 0.3) is 5.91 Å². The number of primary amides is 1. The molecule has 0 bridgehead atoms. The summed E-state index contributed by atoms with van der Waals surface area (Å²) in [6.07, 6.45) is 6.33. The van der Waals surface area contributed by atoms with Gasteiger partial charge in [-0.3, -0.25) is 9.48 Å². The number of nitrogens with two attached hydrogens (primary N) is 1. The predicted octanol–water partition coefficient (Wildman–Crippen LogP) is 4.27. The Morgan fingerprint density at radius 3 is 2.59 bits per heavy atom. The summed E-state index contributed by atoms with van der Waals surface area (Å²) in [5.74, 6) is -0.463. The van der Waals surface area contributed by atoms with E-state index in [0.29, 0.717) is 31.0 Å². The first-order valence-electron chi connectivity index (χ1n) is 11.7. The van der Waals surface area contributed by atoms with Crippen LogP contribution in [-0.2, 0) is 0 Å². The Kier molecular flexibility index (Phi) is 7.01. The monoisotopic (exact) mass is 468 g/mol. The summed E-state index contributed by atoms with van der Waals surface area (Å²) in [5, 5.41) is 26.9. The lowest BCUT2D eigenvalue weighted by Gasteiger charge is -2.43. The van der Waals surface area contributed by atoms with Gasteiger partial charge in [0.1, 0.15) is 11.4 Å². The smallest absolute Gasteiger partial charge is 0.407 e. The average Bonchev–Trinajstić information content (AvgIpc) is 3.49. The number of rotatable bonds is 7. The standard InChI is InChI=1S/C24H29FN6O3/c25-17-5-7-18(8-6-17)28-23-19(22(27)32)14-31(29-23)20(9-11-26)16-10-12-30(24(33)34)21(13-16)15-3-1-2-4-15/h5-8,14-16,20-21H,1-4,9-10,12-13H2,(H2,27,32)(H,28,29)(H,33,34)/t16?,20-,21?/m0/s1. The molecule has 4 rings (SSSR count). The molecule has 10 heteroatoms. The Balaban J connectivity index is 1.61. The third kappa shape index (κ3) is 4.98. The minimum atomic E-state index is -0.895. The molecular weight excluding hydrogens is 439 g/mol. The van der Waals surface area contributed by atoms with Gasteiger partial charge in [-0.15, -0.1) is 0 Å². The molecule has 2 amide bonds. The molecule has 2 fully saturated rings. The maximum absolute atomic E-state index is 13.3. The second-order valence-electron chi connectivity index (χ2n) is 9.17. The molecule has 2 heterocycles. The Morgan fingerprint density at radius 2 is 1.97 bits per heavy atom. The minimum Gasteiger partial charge on any atom is -0.465 e. The van der Waals surface area contributed by atoms with Crippen molar-refractivity contribution in [2.45, 2.75) is 57.0 Å². The Bertz CT molecular complexity index is 1070. The highest BCUT2D eigenvalue weighted by Gasteiger charge is 2.40. The fourth-order valence-corrected chi connectivity index (χ4v) is 5.48. The highest BCUT2D eigenvalue weighted by atomic mass is 19.1. The van der Waals surface area contributed by atoms with Crippen molar-refractivity contribution in [1.29, 1.82) is 5.26 Å². The number of carbonyl (C=O) groups is 2. The van der Waals surface area contributed by atoms with Crippen molar-refractivity contribution in [2.75, 3.05) is 11.9 Å². The number of likely N-dealkylation sites (tertiary alicyclic amines) is 1. The van der Waals surface area contributed by atoms with Crippen LogP contribution in [0.3, 0.4) is 0 Å². The maximum atomic E-state index is 13.3. The topological polar surface area (TPSA) is 137 Å². The van der Waals surface area contributed by atoms with Crippen molar-refractivity contribution in [3.05, 3.63) is 41.8 Å². The number of piperidine rings is 1. The maximum Gasteiger partial charge on any atom is 0.407 e. The average molecular weight is 469 g/mol. The third-order valence-corrected chi connectivity index (χ3v) is 7.16. The molecule has 1 saturated heterocycles. The van der Waals surface area contributed by atoms with Gasteiger partial charge in [-0.1, -0.05) is 12.8 Å². The molecule has 1 saturated carbocycles. The number of aromatic nitrogens is 2. The van der Waals surface area contributed by atoms with Crippen LogP contribution in [0.5, 0.6) is 0 Å². The zero-order valence-corrected chi connectivity index (χ0v) is 18.9. The summed E-state index contributed by atoms with van der Waals surface area (Å²) in [4.78, 5) is 25.6. The van der Waals surface area contributed by atoms with Crippen LogP contribution in [-0.4, -0.2) is 44.4 Å². The molecule has 1 aromatic carbocycles. The lowest BCUT2D eigenvalue weighted by atomic mass is 9.79. The van der Waals surface area contributed by atoms with Crippen LogP contribution in [0, 0.1) is 29.0 Å². The van der Waals surface area contributed by atoms with E-state index in [2.05, 4.69) is 16.5 Å². The number of carbonyl (C=O) groups excluding carboxylic acids is 1. The first-order valence-corrected chi connectivity index (χ1v) is 11.7. The fourth-order valence-electron chi connectivity index (χ4n) is 5.48. The molecule has 1 aromatic heterocycles. The van der Waals surface area contributed by atoms with Gasteiger partial charge < -0.3 is 21.1 Å². The lowest BCUT2D eigenvalue weighted by Crippen LogP contribution is -2.50. The summed E-state index contributed by atoms with van der Waals surface area (Å²) in [6, 6.07) is 7.46. The van der Waals surface area contributed by atoms with E-state index in [-0.39, 0.29) is 41.6 Å². The number of halogens is 1. The summed E-state index contributed by atoms with van der Waals surface area (Å²) >= 11 is 0. The van der Waals surface area contributed by atoms with E-state index in [0.717, 1.165) is 25.7 Å². The summed E-state index contributed by atoms with van der Waals surface area (Å²) in [5.41, 5.74) is 6.30. The van der Waals surface area contributed by atoms with Gasteiger partial charge in [0.05, 0.1) is 18.5 Å². The zero-order valence-electron chi connectivity index (χ0n) is 18.9. The number of benzene rings is 1. The van der Waals surface area contributed by atoms with Gasteiger partial charge in [-0.25, -0.2) is 9.18 Å². The summed E-state index contributed by atoms with van der Waals surface area (Å²) < 4.78 is 14.9. The van der Waals surface area contributed by atoms with Crippen LogP contribution in [0.25, 0.3) is 0 Å². The van der Waals surface area contributed by atoms with E-state index in [9.17, 15) is 24.3 Å². The van der Waals surface area contributed by atoms with Crippen molar-refractivity contribution in [3.8, 4) is 6.07 Å². The second kappa shape index (κ2) is 10.1. The normalized spacial score (nSPS) is 21.7. The fraction of sp³-hybridized carbons (Fsp3) is 0.500. The lowest BCUT2D eigenvalue weighted by molar-refractivity contribution is 0.0510. The van der Waals surface area contributed by atoms with Gasteiger partial charge in [-0.05, 0) is 61.8 Å². The third-order valence-electron chi connectivity index (χ3n) is 7.16. The van der Waals surface area contributed by atoms with Crippen LogP contribution in [0.1, 0.15) is 61.3 Å². The number of hydrogen-bond acceptors (Lipinski definition) is 5. The zero-order chi connectivity index (χ0) is 24.2. The van der Waals surface area contributed by atoms with Gasteiger partial charge in [0.2, 0.25) is 0 Å². The molecule has 1 aliphatic carbocycles. The summed E-state index contributed by atoms with van der Waals surface area (Å²) in [7, 11) is 0. The van der Waals surface area contributed by atoms with Gasteiger partial charge >= 0.3 is 6.09 Å². The van der Waals surface area contributed by atoms with Crippen LogP contribution in [0.2, 0.25) is 0 Å². The van der Waals surface area contributed by atoms with Crippen LogP contribution in [0.15, 0.2) is 30.5 Å². The highest BCUT2D eigenvalue weighted by molar-refractivity contribution is 5.98. The Morgan fingerprint density at radius 1 is 1.26 bits per heavy atom. The van der Waals surface area contributed by atoms with Crippen LogP contribution < -0.4 is 11.1 Å². The predicted molar refractivity (Wildman–Crippen MR) is 123 cm³/mol. The van der Waals surface area contributed by atoms with E-state index in [1.165, 1.54) is 24.3 Å². The van der Waals surface area contributed by atoms with Crippen molar-refractivity contribution in [2.24, 2.45) is 17.6 Å². The second-order valence-corrected chi connectivity index (χ2v) is 9.17. The van der Waals surface area contributed by atoms with Gasteiger partial charge in [0.15, 0.2) is 5.82 Å². The number of nitriles is 1. The quantitative estimate of drug-likeness (QED) is 0.555. The number of nitrogens with zero attached hydrogens (tertiary/aromatic N) is 4. The molecular formula is C24H29FN6O3. The number of anilines is 2. The van der Waals surface area contributed by atoms with Crippen molar-refractivity contribution >= 4 is 23.5 Å². The molecule has 180 valence electrons. The molecule has 34 heavy (non-hydrogen) atoms. The number of carboxylic acid groups (broad SMARTS) is 1. The molecule has 1 aliphatic heterocycles. The minimum absolute atomic E-state index is 0.0279. The van der Waals surface area contributed by atoms with E-state index < -0.39 is 12.0 Å². The first kappa shape index (κ1) is 23.5. The molecule has 9 nitrogen and oxygen atoms in total.